The molecule has 2 nitrogen and oxygen atoms in total. The van der Waals surface area contributed by atoms with Crippen molar-refractivity contribution in [2.45, 2.75) is 154 Å². The third-order valence-corrected chi connectivity index (χ3v) is 8.03. The molecule has 0 unspecified atom stereocenters. The van der Waals surface area contributed by atoms with Crippen molar-refractivity contribution < 1.29 is 13.6 Å². The van der Waals surface area contributed by atoms with Crippen LogP contribution in [0.25, 0.3) is 5.57 Å². The maximum Gasteiger partial charge on any atom is 0.270 e. The molecule has 0 bridgehead atoms. The van der Waals surface area contributed by atoms with E-state index in [0.717, 1.165) is 49.7 Å². The Kier molecular flexibility index (Phi) is 27.2. The molecule has 0 spiro atoms. The van der Waals surface area contributed by atoms with Gasteiger partial charge in [-0.1, -0.05) is 142 Å². The Balaban J connectivity index is 0. The number of allylic oxidation sites excluding steroid dienone is 2. The van der Waals surface area contributed by atoms with Crippen molar-refractivity contribution in [3.8, 4) is 0 Å². The number of rotatable bonds is 12. The number of alkyl halides is 2. The number of aryl methyl sites for hydroxylation is 3. The van der Waals surface area contributed by atoms with Gasteiger partial charge < -0.3 is 0 Å². The first-order chi connectivity index (χ1) is 22.8. The van der Waals surface area contributed by atoms with E-state index >= 15 is 0 Å². The van der Waals surface area contributed by atoms with Crippen molar-refractivity contribution >= 4 is 11.4 Å². The molecule has 3 aromatic rings. The van der Waals surface area contributed by atoms with E-state index < -0.39 is 5.92 Å². The highest BCUT2D eigenvalue weighted by Crippen LogP contribution is 2.29. The summed E-state index contributed by atoms with van der Waals surface area (Å²) >= 11 is 0. The zero-order chi connectivity index (χ0) is 37.1. The Morgan fingerprint density at radius 1 is 0.812 bits per heavy atom. The zero-order valence-electron chi connectivity index (χ0n) is 32.9. The standard InChI is InChI=1S/C17H24O.C10H12F2.C8H18.C7H9N.C2H6/c1-6-8-12(3)16(7-2)17-11-15(14(5)18)10-9-13(17)4;1-3-8-4-6-9(7-5-8)10(2,11)12;1-4-6-8(3)7-5-2;1-2-7-4-3-5-8-6-7;1-2/h9-11H,6-8H2,1-5H3;4-7H,3H2,1-2H3;8H,4-7H2,1-3H3;3-6H,2H2,1H3;1-2H3/b16-12+;;;;. The van der Waals surface area contributed by atoms with Crippen LogP contribution in [0.2, 0.25) is 0 Å². The summed E-state index contributed by atoms with van der Waals surface area (Å²) in [5.41, 5.74) is 8.63. The highest BCUT2D eigenvalue weighted by molar-refractivity contribution is 5.95. The number of carbonyl (C=O) groups excluding carboxylic acids is 1. The van der Waals surface area contributed by atoms with Gasteiger partial charge in [0.25, 0.3) is 5.92 Å². The summed E-state index contributed by atoms with van der Waals surface area (Å²) in [5.74, 6) is -1.61. The van der Waals surface area contributed by atoms with E-state index in [1.807, 2.05) is 39.1 Å². The van der Waals surface area contributed by atoms with Crippen LogP contribution in [-0.2, 0) is 18.8 Å². The largest absolute Gasteiger partial charge is 0.295 e. The van der Waals surface area contributed by atoms with Gasteiger partial charge in [0.05, 0.1) is 0 Å². The molecule has 48 heavy (non-hydrogen) atoms. The summed E-state index contributed by atoms with van der Waals surface area (Å²) < 4.78 is 25.4. The highest BCUT2D eigenvalue weighted by atomic mass is 19.3. The highest BCUT2D eigenvalue weighted by Gasteiger charge is 2.23. The second-order valence-electron chi connectivity index (χ2n) is 12.3. The van der Waals surface area contributed by atoms with E-state index in [4.69, 9.17) is 0 Å². The van der Waals surface area contributed by atoms with Gasteiger partial charge in [0, 0.05) is 30.4 Å². The van der Waals surface area contributed by atoms with Crippen LogP contribution in [-0.4, -0.2) is 10.8 Å². The van der Waals surface area contributed by atoms with Crippen molar-refractivity contribution in [1.29, 1.82) is 0 Å². The van der Waals surface area contributed by atoms with E-state index in [0.29, 0.717) is 0 Å². The lowest BCUT2D eigenvalue weighted by Gasteiger charge is -2.14. The molecule has 1 heterocycles. The number of pyridine rings is 1. The minimum Gasteiger partial charge on any atom is -0.295 e. The van der Waals surface area contributed by atoms with Gasteiger partial charge in [0.15, 0.2) is 5.78 Å². The zero-order valence-corrected chi connectivity index (χ0v) is 32.9. The van der Waals surface area contributed by atoms with Crippen LogP contribution in [0.3, 0.4) is 0 Å². The monoisotopic (exact) mass is 666 g/mol. The van der Waals surface area contributed by atoms with Crippen LogP contribution in [0, 0.1) is 12.8 Å². The first kappa shape index (κ1) is 47.0. The minimum absolute atomic E-state index is 0.0831. The molecule has 0 aliphatic rings. The van der Waals surface area contributed by atoms with E-state index in [2.05, 4.69) is 78.6 Å². The second kappa shape index (κ2) is 27.8. The molecule has 0 N–H and O–H groups in total. The SMILES string of the molecule is CC.CCC/C(C)=C(\CC)c1cc(C(C)=O)ccc1C.CCCC(C)CCC.CCc1ccc(C(C)(F)F)cc1.CCc1cccnc1. The van der Waals surface area contributed by atoms with Crippen LogP contribution in [0.4, 0.5) is 8.78 Å². The number of benzene rings is 2. The molecule has 0 atom stereocenters. The summed E-state index contributed by atoms with van der Waals surface area (Å²) in [6, 6.07) is 16.5. The number of ketones is 1. The molecule has 0 aliphatic carbocycles. The van der Waals surface area contributed by atoms with Crippen molar-refractivity contribution in [3.05, 3.63) is 106 Å². The molecule has 0 radical (unpaired) electrons. The maximum absolute atomic E-state index is 12.7. The maximum atomic E-state index is 12.7. The quantitative estimate of drug-likeness (QED) is 0.180. The predicted molar refractivity (Wildman–Crippen MR) is 208 cm³/mol. The third kappa shape index (κ3) is 20.3. The fourth-order valence-corrected chi connectivity index (χ4v) is 5.18. The molecule has 0 saturated heterocycles. The normalized spacial score (nSPS) is 10.9. The molecule has 2 aromatic carbocycles. The Morgan fingerprint density at radius 3 is 1.75 bits per heavy atom. The number of carbonyl (C=O) groups is 1. The lowest BCUT2D eigenvalue weighted by Crippen LogP contribution is -2.06. The van der Waals surface area contributed by atoms with Gasteiger partial charge in [0.1, 0.15) is 0 Å². The number of Topliss-reactive ketones (excluding diaryl/α,β-unsaturated/α-hetero) is 1. The molecular formula is C44H69F2NO. The molecule has 3 rings (SSSR count). The van der Waals surface area contributed by atoms with Gasteiger partial charge in [0.2, 0.25) is 0 Å². The molecule has 0 amide bonds. The van der Waals surface area contributed by atoms with Crippen molar-refractivity contribution in [2.24, 2.45) is 5.92 Å². The molecule has 270 valence electrons. The first-order valence-corrected chi connectivity index (χ1v) is 18.5. The average molecular weight is 666 g/mol. The number of aromatic nitrogens is 1. The number of halogens is 2. The van der Waals surface area contributed by atoms with E-state index in [9.17, 15) is 13.6 Å². The number of nitrogens with zero attached hydrogens (tertiary/aromatic N) is 1. The topological polar surface area (TPSA) is 30.0 Å². The van der Waals surface area contributed by atoms with Gasteiger partial charge in [-0.2, -0.15) is 0 Å². The van der Waals surface area contributed by atoms with Gasteiger partial charge in [-0.25, -0.2) is 8.78 Å². The predicted octanol–water partition coefficient (Wildman–Crippen LogP) is 14.4. The van der Waals surface area contributed by atoms with Crippen molar-refractivity contribution in [1.82, 2.24) is 4.98 Å². The van der Waals surface area contributed by atoms with Crippen molar-refractivity contribution in [3.63, 3.8) is 0 Å². The Bertz CT molecular complexity index is 1250. The molecule has 0 fully saturated rings. The Hall–Kier alpha value is -3.14. The van der Waals surface area contributed by atoms with E-state index in [-0.39, 0.29) is 11.3 Å². The lowest BCUT2D eigenvalue weighted by molar-refractivity contribution is 0.0174. The van der Waals surface area contributed by atoms with Gasteiger partial charge >= 0.3 is 0 Å². The molecular weight excluding hydrogens is 596 g/mol. The average Bonchev–Trinajstić information content (AvgIpc) is 3.08. The third-order valence-electron chi connectivity index (χ3n) is 8.03. The first-order valence-electron chi connectivity index (χ1n) is 18.5. The Labute approximate surface area is 294 Å². The number of hydrogen-bond donors (Lipinski definition) is 0. The fourth-order valence-electron chi connectivity index (χ4n) is 5.18. The Morgan fingerprint density at radius 2 is 1.38 bits per heavy atom. The smallest absolute Gasteiger partial charge is 0.270 e. The minimum atomic E-state index is -2.72. The van der Waals surface area contributed by atoms with Gasteiger partial charge in [-0.3, -0.25) is 9.78 Å². The van der Waals surface area contributed by atoms with Gasteiger partial charge in [-0.15, -0.1) is 0 Å². The summed E-state index contributed by atoms with van der Waals surface area (Å²) in [4.78, 5) is 15.5. The van der Waals surface area contributed by atoms with Crippen LogP contribution in [0.5, 0.6) is 0 Å². The summed E-state index contributed by atoms with van der Waals surface area (Å²) in [7, 11) is 0. The lowest BCUT2D eigenvalue weighted by atomic mass is 9.91. The summed E-state index contributed by atoms with van der Waals surface area (Å²) in [6.45, 7) is 26.2. The van der Waals surface area contributed by atoms with Crippen LogP contribution < -0.4 is 0 Å². The van der Waals surface area contributed by atoms with Gasteiger partial charge in [-0.05, 0) is 92.3 Å². The molecule has 0 saturated carbocycles. The van der Waals surface area contributed by atoms with E-state index in [1.54, 1.807) is 25.3 Å². The molecule has 1 aromatic heterocycles. The summed E-state index contributed by atoms with van der Waals surface area (Å²) in [6.07, 6.45) is 14.5. The van der Waals surface area contributed by atoms with Crippen LogP contribution >= 0.6 is 0 Å². The molecule has 4 heteroatoms. The molecule has 0 aliphatic heterocycles. The second-order valence-corrected chi connectivity index (χ2v) is 12.3. The van der Waals surface area contributed by atoms with E-state index in [1.165, 1.54) is 72.1 Å². The van der Waals surface area contributed by atoms with Crippen LogP contribution in [0.15, 0.2) is 72.6 Å². The number of hydrogen-bond acceptors (Lipinski definition) is 2. The van der Waals surface area contributed by atoms with Crippen LogP contribution in [0.1, 0.15) is 166 Å². The fraction of sp³-hybridized carbons (Fsp3) is 0.545. The van der Waals surface area contributed by atoms with Crippen molar-refractivity contribution in [2.75, 3.05) is 0 Å². The summed E-state index contributed by atoms with van der Waals surface area (Å²) in [5, 5.41) is 0.